The Morgan fingerprint density at radius 2 is 2.00 bits per heavy atom. The number of rotatable bonds is 13. The van der Waals surface area contributed by atoms with E-state index in [1.165, 1.54) is 23.3 Å². The Balaban J connectivity index is 1.46. The molecule has 5 atom stereocenters. The third-order valence-electron chi connectivity index (χ3n) is 7.84. The number of unbranched alkanes of at least 4 members (excludes halogenated alkanes) is 1. The molecule has 0 aromatic heterocycles. The van der Waals surface area contributed by atoms with E-state index in [1.807, 2.05) is 0 Å². The number of aryl methyl sites for hydroxylation is 1. The summed E-state index contributed by atoms with van der Waals surface area (Å²) >= 11 is 1.72. The summed E-state index contributed by atoms with van der Waals surface area (Å²) < 4.78 is 0. The van der Waals surface area contributed by atoms with Crippen molar-refractivity contribution in [2.45, 2.75) is 82.8 Å². The van der Waals surface area contributed by atoms with Gasteiger partial charge in [-0.3, -0.25) is 4.79 Å². The molecule has 5 unspecified atom stereocenters. The Kier molecular flexibility index (Phi) is 9.27. The zero-order valence-corrected chi connectivity index (χ0v) is 20.7. The van der Waals surface area contributed by atoms with E-state index < -0.39 is 5.97 Å². The van der Waals surface area contributed by atoms with Crippen LogP contribution in [-0.2, 0) is 11.2 Å². The number of hydrogen-bond donors (Lipinski definition) is 3. The van der Waals surface area contributed by atoms with Crippen molar-refractivity contribution in [2.24, 2.45) is 23.2 Å². The lowest BCUT2D eigenvalue weighted by Crippen LogP contribution is -2.61. The fraction of sp³-hybridized carbons (Fsp3) is 0.667. The van der Waals surface area contributed by atoms with Gasteiger partial charge in [0.25, 0.3) is 0 Å². The first-order chi connectivity index (χ1) is 15.3. The molecule has 178 valence electrons. The summed E-state index contributed by atoms with van der Waals surface area (Å²) in [5.41, 5.74) is 1.76. The number of nitrogens with one attached hydrogen (secondary N) is 1. The van der Waals surface area contributed by atoms with Crippen molar-refractivity contribution in [1.29, 1.82) is 0 Å². The first kappa shape index (κ1) is 25.3. The molecule has 3 aliphatic rings. The summed E-state index contributed by atoms with van der Waals surface area (Å²) in [7, 11) is 0. The first-order valence-electron chi connectivity index (χ1n) is 12.3. The van der Waals surface area contributed by atoms with Crippen LogP contribution in [0.25, 0.3) is 0 Å². The number of hydrogen-bond acceptors (Lipinski definition) is 4. The number of aliphatic hydroxyl groups is 1. The predicted octanol–water partition coefficient (Wildman–Crippen LogP) is 5.54. The van der Waals surface area contributed by atoms with Crippen LogP contribution >= 0.6 is 11.8 Å². The number of thioether (sulfide) groups is 1. The highest BCUT2D eigenvalue weighted by Crippen LogP contribution is 2.62. The molecule has 4 nitrogen and oxygen atoms in total. The number of carbonyl (C=O) groups is 1. The Hall–Kier alpha value is -1.30. The summed E-state index contributed by atoms with van der Waals surface area (Å²) in [6.45, 7) is 7.64. The highest BCUT2D eigenvalue weighted by molar-refractivity contribution is 7.99. The van der Waals surface area contributed by atoms with Crippen LogP contribution in [0.15, 0.2) is 41.3 Å². The standard InChI is InChI=1S/C27H41NO3S/c1-4-19-11-13-22(14-12-19)32-18-21(29)17-28-25-16-20-15-24(27(20,2)3)23(25)9-7-5-6-8-10-26(30)31/h5,7,11-14,20-21,23-25,28-29H,4,6,8-10,15-18H2,1-3H3,(H,30,31)/b7-5+. The van der Waals surface area contributed by atoms with Crippen LogP contribution < -0.4 is 5.32 Å². The van der Waals surface area contributed by atoms with Gasteiger partial charge in [-0.15, -0.1) is 11.8 Å². The van der Waals surface area contributed by atoms with Gasteiger partial charge >= 0.3 is 5.97 Å². The molecule has 3 N–H and O–H groups in total. The van der Waals surface area contributed by atoms with Gasteiger partial charge in [-0.05, 0) is 79.4 Å². The van der Waals surface area contributed by atoms with Gasteiger partial charge in [0.1, 0.15) is 0 Å². The minimum Gasteiger partial charge on any atom is -0.481 e. The van der Waals surface area contributed by atoms with Crippen molar-refractivity contribution in [1.82, 2.24) is 5.32 Å². The van der Waals surface area contributed by atoms with Crippen molar-refractivity contribution in [3.8, 4) is 0 Å². The molecule has 5 heteroatoms. The second kappa shape index (κ2) is 11.7. The average Bonchev–Trinajstić information content (AvgIpc) is 2.78. The van der Waals surface area contributed by atoms with Gasteiger partial charge in [0.05, 0.1) is 6.10 Å². The lowest BCUT2D eigenvalue weighted by atomic mass is 9.44. The average molecular weight is 460 g/mol. The van der Waals surface area contributed by atoms with E-state index in [4.69, 9.17) is 5.11 Å². The molecule has 0 spiro atoms. The van der Waals surface area contributed by atoms with Crippen molar-refractivity contribution >= 4 is 17.7 Å². The molecule has 1 aromatic rings. The number of carboxylic acids is 1. The van der Waals surface area contributed by atoms with E-state index >= 15 is 0 Å². The van der Waals surface area contributed by atoms with E-state index in [-0.39, 0.29) is 12.5 Å². The van der Waals surface area contributed by atoms with Gasteiger partial charge in [0.15, 0.2) is 0 Å². The van der Waals surface area contributed by atoms with Crippen molar-refractivity contribution in [3.05, 3.63) is 42.0 Å². The number of aliphatic hydroxyl groups excluding tert-OH is 1. The maximum atomic E-state index is 10.7. The van der Waals surface area contributed by atoms with Gasteiger partial charge in [-0.2, -0.15) is 0 Å². The van der Waals surface area contributed by atoms with Crippen LogP contribution in [0.4, 0.5) is 0 Å². The Morgan fingerprint density at radius 3 is 2.66 bits per heavy atom. The number of aliphatic carboxylic acids is 1. The van der Waals surface area contributed by atoms with Gasteiger partial charge < -0.3 is 15.5 Å². The number of benzene rings is 1. The van der Waals surface area contributed by atoms with Crippen LogP contribution in [0.5, 0.6) is 0 Å². The van der Waals surface area contributed by atoms with Crippen LogP contribution in [0.1, 0.15) is 64.9 Å². The Labute approximate surface area is 198 Å². The van der Waals surface area contributed by atoms with Gasteiger partial charge in [-0.25, -0.2) is 0 Å². The second-order valence-corrected chi connectivity index (χ2v) is 11.3. The van der Waals surface area contributed by atoms with E-state index in [9.17, 15) is 9.90 Å². The van der Waals surface area contributed by atoms with Crippen LogP contribution in [-0.4, -0.2) is 40.6 Å². The molecular formula is C27H41NO3S. The Morgan fingerprint density at radius 1 is 1.25 bits per heavy atom. The second-order valence-electron chi connectivity index (χ2n) is 10.2. The van der Waals surface area contributed by atoms with E-state index in [0.29, 0.717) is 36.1 Å². The monoisotopic (exact) mass is 459 g/mol. The van der Waals surface area contributed by atoms with Gasteiger partial charge in [0.2, 0.25) is 0 Å². The topological polar surface area (TPSA) is 69.6 Å². The fourth-order valence-electron chi connectivity index (χ4n) is 5.61. The molecule has 32 heavy (non-hydrogen) atoms. The maximum Gasteiger partial charge on any atom is 0.303 e. The van der Waals surface area contributed by atoms with Crippen LogP contribution in [0.3, 0.4) is 0 Å². The number of allylic oxidation sites excluding steroid dienone is 2. The summed E-state index contributed by atoms with van der Waals surface area (Å²) in [6, 6.07) is 9.10. The molecule has 3 saturated carbocycles. The molecule has 0 aliphatic heterocycles. The summed E-state index contributed by atoms with van der Waals surface area (Å²) in [5.74, 6) is 2.09. The molecule has 0 radical (unpaired) electrons. The highest BCUT2D eigenvalue weighted by atomic mass is 32.2. The largest absolute Gasteiger partial charge is 0.481 e. The van der Waals surface area contributed by atoms with Crippen LogP contribution in [0, 0.1) is 23.2 Å². The van der Waals surface area contributed by atoms with Crippen molar-refractivity contribution in [2.75, 3.05) is 12.3 Å². The third kappa shape index (κ3) is 6.61. The van der Waals surface area contributed by atoms with Gasteiger partial charge in [0, 0.05) is 29.7 Å². The third-order valence-corrected chi connectivity index (χ3v) is 9.00. The number of fused-ring (bicyclic) bond motifs is 2. The lowest BCUT2D eigenvalue weighted by Gasteiger charge is -2.63. The number of carboxylic acid groups (broad SMARTS) is 1. The molecule has 3 fully saturated rings. The van der Waals surface area contributed by atoms with Crippen molar-refractivity contribution < 1.29 is 15.0 Å². The van der Waals surface area contributed by atoms with Gasteiger partial charge in [-0.1, -0.05) is 45.1 Å². The predicted molar refractivity (Wildman–Crippen MR) is 133 cm³/mol. The molecular weight excluding hydrogens is 418 g/mol. The normalized spacial score (nSPS) is 27.2. The summed E-state index contributed by atoms with van der Waals surface area (Å²) in [4.78, 5) is 11.9. The summed E-state index contributed by atoms with van der Waals surface area (Å²) in [6.07, 6.45) is 10.5. The summed E-state index contributed by atoms with van der Waals surface area (Å²) in [5, 5.41) is 23.1. The molecule has 0 amide bonds. The Bertz CT molecular complexity index is 761. The highest BCUT2D eigenvalue weighted by Gasteiger charge is 2.56. The molecule has 0 heterocycles. The molecule has 4 rings (SSSR count). The van der Waals surface area contributed by atoms with Crippen molar-refractivity contribution in [3.63, 3.8) is 0 Å². The lowest BCUT2D eigenvalue weighted by molar-refractivity contribution is -0.137. The zero-order valence-electron chi connectivity index (χ0n) is 19.9. The smallest absolute Gasteiger partial charge is 0.303 e. The van der Waals surface area contributed by atoms with E-state index in [0.717, 1.165) is 31.1 Å². The molecule has 2 bridgehead atoms. The minimum absolute atomic E-state index is 0.244. The van der Waals surface area contributed by atoms with Crippen LogP contribution in [0.2, 0.25) is 0 Å². The van der Waals surface area contributed by atoms with E-state index in [1.54, 1.807) is 11.8 Å². The first-order valence-corrected chi connectivity index (χ1v) is 13.3. The SMILES string of the molecule is CCc1ccc(SCC(O)CNC2CC3CC(C2C/C=C/CCCC(=O)O)C3(C)C)cc1. The zero-order chi connectivity index (χ0) is 23.1. The quantitative estimate of drug-likeness (QED) is 0.205. The fourth-order valence-corrected chi connectivity index (χ4v) is 6.44. The molecule has 1 aromatic carbocycles. The molecule has 0 saturated heterocycles. The van der Waals surface area contributed by atoms with E-state index in [2.05, 4.69) is 62.5 Å². The minimum atomic E-state index is -0.716. The molecule has 3 aliphatic carbocycles. The maximum absolute atomic E-state index is 10.7.